The Kier molecular flexibility index (Phi) is 4.66. The van der Waals surface area contributed by atoms with Gasteiger partial charge >= 0.3 is 0 Å². The van der Waals surface area contributed by atoms with Gasteiger partial charge in [-0.3, -0.25) is 0 Å². The molecule has 78 valence electrons. The van der Waals surface area contributed by atoms with Crippen LogP contribution < -0.4 is 0 Å². The zero-order valence-corrected chi connectivity index (χ0v) is 11.1. The molecule has 0 radical (unpaired) electrons. The third kappa shape index (κ3) is 2.75. The third-order valence-corrected chi connectivity index (χ3v) is 3.67. The van der Waals surface area contributed by atoms with Crippen molar-refractivity contribution in [2.45, 2.75) is 13.3 Å². The molecule has 4 heteroatoms. The highest BCUT2D eigenvalue weighted by molar-refractivity contribution is 9.10. The monoisotopic (exact) mass is 303 g/mol. The van der Waals surface area contributed by atoms with E-state index in [0.717, 1.165) is 4.47 Å². The van der Waals surface area contributed by atoms with Crippen LogP contribution in [0.15, 0.2) is 28.2 Å². The molecular weight excluding hydrogens is 297 g/mol. The number of nitriles is 1. The molecule has 0 aliphatic heterocycles. The molecule has 0 amide bonds. The van der Waals surface area contributed by atoms with E-state index in [0.29, 0.717) is 27.6 Å². The van der Waals surface area contributed by atoms with Crippen LogP contribution in [0, 0.1) is 11.3 Å². The highest BCUT2D eigenvalue weighted by Gasteiger charge is 2.10. The maximum atomic E-state index is 8.87. The molecule has 1 rings (SSSR count). The van der Waals surface area contributed by atoms with Crippen LogP contribution in [-0.4, -0.2) is 0 Å². The van der Waals surface area contributed by atoms with Gasteiger partial charge in [-0.05, 0) is 28.4 Å². The molecule has 0 fully saturated rings. The van der Waals surface area contributed by atoms with Gasteiger partial charge in [0.1, 0.15) is 0 Å². The summed E-state index contributed by atoms with van der Waals surface area (Å²) in [7, 11) is 0. The fourth-order valence-electron chi connectivity index (χ4n) is 1.12. The lowest BCUT2D eigenvalue weighted by molar-refractivity contribution is 1.16. The van der Waals surface area contributed by atoms with Crippen molar-refractivity contribution < 1.29 is 0 Å². The van der Waals surface area contributed by atoms with Crippen LogP contribution in [-0.2, 0) is 0 Å². The van der Waals surface area contributed by atoms with E-state index in [9.17, 15) is 0 Å². The molecule has 0 aromatic heterocycles. The number of halogens is 3. The van der Waals surface area contributed by atoms with Gasteiger partial charge in [0, 0.05) is 15.6 Å². The van der Waals surface area contributed by atoms with Crippen LogP contribution in [0.3, 0.4) is 0 Å². The van der Waals surface area contributed by atoms with Crippen molar-refractivity contribution in [2.24, 2.45) is 0 Å². The Balaban J connectivity index is 3.35. The zero-order valence-electron chi connectivity index (χ0n) is 8.02. The van der Waals surface area contributed by atoms with Gasteiger partial charge in [0.2, 0.25) is 0 Å². The second kappa shape index (κ2) is 5.55. The van der Waals surface area contributed by atoms with Crippen LogP contribution >= 0.6 is 39.1 Å². The summed E-state index contributed by atoms with van der Waals surface area (Å²) in [5, 5.41) is 9.82. The zero-order chi connectivity index (χ0) is 11.4. The molecule has 0 saturated heterocycles. The minimum atomic E-state index is 0.423. The highest BCUT2D eigenvalue weighted by atomic mass is 79.9. The molecule has 0 heterocycles. The van der Waals surface area contributed by atoms with E-state index in [4.69, 9.17) is 28.5 Å². The molecular formula is C11H8BrCl2N. The molecule has 15 heavy (non-hydrogen) atoms. The summed E-state index contributed by atoms with van der Waals surface area (Å²) in [5.74, 6) is 0. The van der Waals surface area contributed by atoms with E-state index < -0.39 is 0 Å². The largest absolute Gasteiger partial charge is 0.193 e. The molecule has 0 spiro atoms. The van der Waals surface area contributed by atoms with Gasteiger partial charge in [0.15, 0.2) is 0 Å². The fourth-order valence-corrected chi connectivity index (χ4v) is 2.09. The van der Waals surface area contributed by atoms with Crippen LogP contribution in [0.2, 0.25) is 5.02 Å². The van der Waals surface area contributed by atoms with Gasteiger partial charge < -0.3 is 0 Å². The minimum Gasteiger partial charge on any atom is -0.193 e. The SMILES string of the molecule is CC/C(C#N)=C(/Cl)c1cccc(Br)c1Cl. The predicted octanol–water partition coefficient (Wildman–Crippen LogP) is 4.99. The van der Waals surface area contributed by atoms with Gasteiger partial charge in [0.25, 0.3) is 0 Å². The van der Waals surface area contributed by atoms with E-state index in [1.807, 2.05) is 19.1 Å². The second-order valence-corrected chi connectivity index (χ2v) is 4.47. The van der Waals surface area contributed by atoms with Crippen LogP contribution in [0.1, 0.15) is 18.9 Å². The van der Waals surface area contributed by atoms with Gasteiger partial charge in [-0.15, -0.1) is 0 Å². The highest BCUT2D eigenvalue weighted by Crippen LogP contribution is 2.34. The van der Waals surface area contributed by atoms with Gasteiger partial charge in [-0.1, -0.05) is 42.3 Å². The lowest BCUT2D eigenvalue weighted by Gasteiger charge is -2.06. The molecule has 0 aliphatic rings. The van der Waals surface area contributed by atoms with Crippen LogP contribution in [0.4, 0.5) is 0 Å². The number of allylic oxidation sites excluding steroid dienone is 1. The topological polar surface area (TPSA) is 23.8 Å². The average Bonchev–Trinajstić information content (AvgIpc) is 2.23. The van der Waals surface area contributed by atoms with Gasteiger partial charge in [-0.2, -0.15) is 5.26 Å². The van der Waals surface area contributed by atoms with Crippen molar-refractivity contribution in [1.29, 1.82) is 5.26 Å². The Hall–Kier alpha value is -0.490. The van der Waals surface area contributed by atoms with E-state index in [-0.39, 0.29) is 0 Å². The lowest BCUT2D eigenvalue weighted by Crippen LogP contribution is -1.86. The van der Waals surface area contributed by atoms with E-state index in [1.165, 1.54) is 0 Å². The second-order valence-electron chi connectivity index (χ2n) is 2.86. The number of nitrogens with zero attached hydrogens (tertiary/aromatic N) is 1. The molecule has 1 aromatic rings. The quantitative estimate of drug-likeness (QED) is 0.706. The van der Waals surface area contributed by atoms with Crippen LogP contribution in [0.5, 0.6) is 0 Å². The smallest absolute Gasteiger partial charge is 0.0962 e. The van der Waals surface area contributed by atoms with E-state index in [2.05, 4.69) is 22.0 Å². The average molecular weight is 305 g/mol. The first-order valence-electron chi connectivity index (χ1n) is 4.35. The van der Waals surface area contributed by atoms with Crippen molar-refractivity contribution in [1.82, 2.24) is 0 Å². The Morgan fingerprint density at radius 1 is 1.53 bits per heavy atom. The Bertz CT molecular complexity index is 446. The predicted molar refractivity (Wildman–Crippen MR) is 67.8 cm³/mol. The summed E-state index contributed by atoms with van der Waals surface area (Å²) >= 11 is 15.5. The van der Waals surface area contributed by atoms with E-state index in [1.54, 1.807) is 6.07 Å². The summed E-state index contributed by atoms with van der Waals surface area (Å²) in [5.41, 5.74) is 1.22. The summed E-state index contributed by atoms with van der Waals surface area (Å²) in [6.07, 6.45) is 0.595. The first-order chi connectivity index (χ1) is 7.11. The third-order valence-electron chi connectivity index (χ3n) is 1.94. The molecule has 1 nitrogen and oxygen atoms in total. The maximum absolute atomic E-state index is 8.87. The summed E-state index contributed by atoms with van der Waals surface area (Å²) in [6, 6.07) is 7.52. The fraction of sp³-hybridized carbons (Fsp3) is 0.182. The van der Waals surface area contributed by atoms with Crippen LogP contribution in [0.25, 0.3) is 5.03 Å². The van der Waals surface area contributed by atoms with Crippen molar-refractivity contribution in [2.75, 3.05) is 0 Å². The Morgan fingerprint density at radius 2 is 2.20 bits per heavy atom. The minimum absolute atomic E-state index is 0.423. The Labute approximate surface area is 107 Å². The van der Waals surface area contributed by atoms with Gasteiger partial charge in [-0.25, -0.2) is 0 Å². The molecule has 0 aliphatic carbocycles. The first-order valence-corrected chi connectivity index (χ1v) is 5.89. The molecule has 0 N–H and O–H groups in total. The molecule has 0 saturated carbocycles. The van der Waals surface area contributed by atoms with E-state index >= 15 is 0 Å². The molecule has 0 bridgehead atoms. The number of hydrogen-bond acceptors (Lipinski definition) is 1. The summed E-state index contributed by atoms with van der Waals surface area (Å²) in [4.78, 5) is 0. The normalized spacial score (nSPS) is 11.9. The molecule has 1 aromatic carbocycles. The Morgan fingerprint density at radius 3 is 2.73 bits per heavy atom. The first kappa shape index (κ1) is 12.6. The summed E-state index contributed by atoms with van der Waals surface area (Å²) in [6.45, 7) is 1.88. The number of rotatable bonds is 2. The molecule has 0 atom stereocenters. The summed E-state index contributed by atoms with van der Waals surface area (Å²) < 4.78 is 0.771. The van der Waals surface area contributed by atoms with Gasteiger partial charge in [0.05, 0.1) is 16.1 Å². The maximum Gasteiger partial charge on any atom is 0.0962 e. The standard InChI is InChI=1S/C11H8BrCl2N/c1-2-7(6-15)10(13)8-4-3-5-9(12)11(8)14/h3-5H,2H2,1H3/b10-7-. The van der Waals surface area contributed by atoms with Crippen molar-refractivity contribution in [3.05, 3.63) is 38.8 Å². The van der Waals surface area contributed by atoms with Crippen molar-refractivity contribution in [3.63, 3.8) is 0 Å². The molecule has 0 unspecified atom stereocenters. The van der Waals surface area contributed by atoms with Crippen molar-refractivity contribution >= 4 is 44.2 Å². The lowest BCUT2D eigenvalue weighted by atomic mass is 10.1. The number of hydrogen-bond donors (Lipinski definition) is 0. The van der Waals surface area contributed by atoms with Crippen molar-refractivity contribution in [3.8, 4) is 6.07 Å². The number of benzene rings is 1.